The van der Waals surface area contributed by atoms with E-state index >= 15 is 0 Å². The lowest BCUT2D eigenvalue weighted by molar-refractivity contribution is 0.213. The van der Waals surface area contributed by atoms with Crippen molar-refractivity contribution in [2.75, 3.05) is 13.7 Å². The number of methoxy groups -OCH3 is 1. The number of aryl methyl sites for hydroxylation is 1. The first kappa shape index (κ1) is 13.1. The van der Waals surface area contributed by atoms with Crippen molar-refractivity contribution < 1.29 is 14.9 Å². The highest BCUT2D eigenvalue weighted by atomic mass is 35.5. The fourth-order valence-corrected chi connectivity index (χ4v) is 2.20. The summed E-state index contributed by atoms with van der Waals surface area (Å²) in [6.07, 6.45) is 0. The van der Waals surface area contributed by atoms with E-state index in [9.17, 15) is 10.2 Å². The van der Waals surface area contributed by atoms with Gasteiger partial charge in [0, 0.05) is 11.0 Å². The Labute approximate surface area is 101 Å². The van der Waals surface area contributed by atoms with E-state index in [1.54, 1.807) is 6.07 Å². The Balaban J connectivity index is 3.51. The molecule has 0 unspecified atom stereocenters. The lowest BCUT2D eigenvalue weighted by atomic mass is 9.82. The van der Waals surface area contributed by atoms with Crippen LogP contribution in [0.15, 0.2) is 6.07 Å². The molecular weight excluding hydrogens is 228 g/mol. The standard InChI is InChI=1S/C12H17ClO3/c1-7-5-8(13)11(16-4)10(15)9(7)12(2,3)6-14/h5,14-15H,6H2,1-4H3. The molecule has 4 heteroatoms. The SMILES string of the molecule is COc1c(Cl)cc(C)c(C(C)(C)CO)c1O. The average molecular weight is 245 g/mol. The van der Waals surface area contributed by atoms with E-state index in [-0.39, 0.29) is 18.1 Å². The van der Waals surface area contributed by atoms with Crippen LogP contribution in [0, 0.1) is 6.92 Å². The van der Waals surface area contributed by atoms with Gasteiger partial charge in [0.1, 0.15) is 0 Å². The highest BCUT2D eigenvalue weighted by Gasteiger charge is 2.28. The molecular formula is C12H17ClO3. The number of phenols is 1. The predicted molar refractivity (Wildman–Crippen MR) is 64.5 cm³/mol. The molecule has 0 aromatic heterocycles. The summed E-state index contributed by atoms with van der Waals surface area (Å²) in [5, 5.41) is 19.8. The first-order valence-corrected chi connectivity index (χ1v) is 5.40. The molecule has 0 aliphatic carbocycles. The zero-order chi connectivity index (χ0) is 12.5. The minimum Gasteiger partial charge on any atom is -0.504 e. The van der Waals surface area contributed by atoms with E-state index in [1.807, 2.05) is 20.8 Å². The first-order chi connectivity index (χ1) is 7.35. The molecule has 16 heavy (non-hydrogen) atoms. The number of ether oxygens (including phenoxy) is 1. The number of aliphatic hydroxyl groups excluding tert-OH is 1. The van der Waals surface area contributed by atoms with Crippen molar-refractivity contribution >= 4 is 11.6 Å². The summed E-state index contributed by atoms with van der Waals surface area (Å²) in [7, 11) is 1.45. The number of rotatable bonds is 3. The zero-order valence-electron chi connectivity index (χ0n) is 9.97. The Bertz CT molecular complexity index is 400. The molecule has 90 valence electrons. The van der Waals surface area contributed by atoms with Gasteiger partial charge in [0.05, 0.1) is 18.7 Å². The minimum atomic E-state index is -0.536. The van der Waals surface area contributed by atoms with Gasteiger partial charge in [0.15, 0.2) is 11.5 Å². The number of hydrogen-bond donors (Lipinski definition) is 2. The van der Waals surface area contributed by atoms with Gasteiger partial charge in [-0.1, -0.05) is 25.4 Å². The summed E-state index contributed by atoms with van der Waals surface area (Å²) < 4.78 is 5.05. The molecule has 0 aliphatic heterocycles. The Morgan fingerprint density at radius 2 is 2.00 bits per heavy atom. The van der Waals surface area contributed by atoms with E-state index in [4.69, 9.17) is 16.3 Å². The van der Waals surface area contributed by atoms with Gasteiger partial charge in [0.25, 0.3) is 0 Å². The maximum atomic E-state index is 10.1. The van der Waals surface area contributed by atoms with E-state index in [1.165, 1.54) is 7.11 Å². The molecule has 0 fully saturated rings. The van der Waals surface area contributed by atoms with Gasteiger partial charge in [-0.05, 0) is 18.6 Å². The highest BCUT2D eigenvalue weighted by molar-refractivity contribution is 6.32. The molecule has 0 amide bonds. The minimum absolute atomic E-state index is 0.00606. The molecule has 1 aromatic carbocycles. The molecule has 2 N–H and O–H groups in total. The fraction of sp³-hybridized carbons (Fsp3) is 0.500. The van der Waals surface area contributed by atoms with Gasteiger partial charge in [0.2, 0.25) is 0 Å². The van der Waals surface area contributed by atoms with Gasteiger partial charge >= 0.3 is 0 Å². The molecule has 0 bridgehead atoms. The van der Waals surface area contributed by atoms with Crippen molar-refractivity contribution in [1.82, 2.24) is 0 Å². The van der Waals surface area contributed by atoms with Crippen LogP contribution in [-0.4, -0.2) is 23.9 Å². The monoisotopic (exact) mass is 244 g/mol. The Hall–Kier alpha value is -0.930. The van der Waals surface area contributed by atoms with Crippen LogP contribution >= 0.6 is 11.6 Å². The maximum Gasteiger partial charge on any atom is 0.179 e. The number of benzene rings is 1. The highest BCUT2D eigenvalue weighted by Crippen LogP contribution is 2.44. The third kappa shape index (κ3) is 2.11. The molecule has 1 rings (SSSR count). The summed E-state index contributed by atoms with van der Waals surface area (Å²) in [4.78, 5) is 0. The Morgan fingerprint density at radius 3 is 2.44 bits per heavy atom. The molecule has 0 spiro atoms. The van der Waals surface area contributed by atoms with Gasteiger partial charge in [-0.3, -0.25) is 0 Å². The third-order valence-electron chi connectivity index (χ3n) is 2.68. The second-order valence-corrected chi connectivity index (χ2v) is 4.88. The van der Waals surface area contributed by atoms with Gasteiger partial charge in [-0.15, -0.1) is 0 Å². The van der Waals surface area contributed by atoms with E-state index < -0.39 is 5.41 Å². The van der Waals surface area contributed by atoms with Crippen LogP contribution in [0.5, 0.6) is 11.5 Å². The van der Waals surface area contributed by atoms with Crippen LogP contribution in [0.3, 0.4) is 0 Å². The largest absolute Gasteiger partial charge is 0.504 e. The second-order valence-electron chi connectivity index (χ2n) is 4.47. The van der Waals surface area contributed by atoms with Gasteiger partial charge in [-0.2, -0.15) is 0 Å². The molecule has 0 radical (unpaired) electrons. The van der Waals surface area contributed by atoms with Gasteiger partial charge in [-0.25, -0.2) is 0 Å². The van der Waals surface area contributed by atoms with Crippen LogP contribution < -0.4 is 4.74 Å². The van der Waals surface area contributed by atoms with Gasteiger partial charge < -0.3 is 14.9 Å². The number of phenolic OH excluding ortho intramolecular Hbond substituents is 1. The van der Waals surface area contributed by atoms with E-state index in [2.05, 4.69) is 0 Å². The smallest absolute Gasteiger partial charge is 0.179 e. The van der Waals surface area contributed by atoms with Crippen molar-refractivity contribution in [3.8, 4) is 11.5 Å². The number of aromatic hydroxyl groups is 1. The average Bonchev–Trinajstić information content (AvgIpc) is 2.17. The van der Waals surface area contributed by atoms with Crippen LogP contribution in [0.4, 0.5) is 0 Å². The lowest BCUT2D eigenvalue weighted by Crippen LogP contribution is -2.23. The molecule has 0 atom stereocenters. The normalized spacial score (nSPS) is 11.6. The van der Waals surface area contributed by atoms with Crippen LogP contribution in [0.1, 0.15) is 25.0 Å². The maximum absolute atomic E-state index is 10.1. The van der Waals surface area contributed by atoms with E-state index in [0.717, 1.165) is 5.56 Å². The molecule has 0 aliphatic rings. The summed E-state index contributed by atoms with van der Waals surface area (Å²) in [6, 6.07) is 1.73. The molecule has 0 heterocycles. The van der Waals surface area contributed by atoms with Crippen molar-refractivity contribution in [2.24, 2.45) is 0 Å². The quantitative estimate of drug-likeness (QED) is 0.860. The van der Waals surface area contributed by atoms with Crippen LogP contribution in [-0.2, 0) is 5.41 Å². The molecule has 1 aromatic rings. The topological polar surface area (TPSA) is 49.7 Å². The Kier molecular flexibility index (Phi) is 3.71. The second kappa shape index (κ2) is 4.52. The predicted octanol–water partition coefficient (Wildman–Crippen LogP) is 2.63. The molecule has 3 nitrogen and oxygen atoms in total. The van der Waals surface area contributed by atoms with Crippen molar-refractivity contribution in [3.63, 3.8) is 0 Å². The van der Waals surface area contributed by atoms with Crippen molar-refractivity contribution in [3.05, 3.63) is 22.2 Å². The molecule has 0 saturated carbocycles. The van der Waals surface area contributed by atoms with Crippen LogP contribution in [0.2, 0.25) is 5.02 Å². The zero-order valence-corrected chi connectivity index (χ0v) is 10.7. The summed E-state index contributed by atoms with van der Waals surface area (Å²) in [5.41, 5.74) is 0.963. The number of hydrogen-bond acceptors (Lipinski definition) is 3. The van der Waals surface area contributed by atoms with Crippen LogP contribution in [0.25, 0.3) is 0 Å². The fourth-order valence-electron chi connectivity index (χ4n) is 1.87. The van der Waals surface area contributed by atoms with Crippen molar-refractivity contribution in [1.29, 1.82) is 0 Å². The van der Waals surface area contributed by atoms with E-state index in [0.29, 0.717) is 10.6 Å². The number of aliphatic hydroxyl groups is 1. The summed E-state index contributed by atoms with van der Waals surface area (Å²) in [5.74, 6) is 0.260. The van der Waals surface area contributed by atoms with Crippen molar-refractivity contribution in [2.45, 2.75) is 26.2 Å². The first-order valence-electron chi connectivity index (χ1n) is 5.02. The Morgan fingerprint density at radius 1 is 1.44 bits per heavy atom. The lowest BCUT2D eigenvalue weighted by Gasteiger charge is -2.26. The number of halogens is 1. The third-order valence-corrected chi connectivity index (χ3v) is 2.96. The summed E-state index contributed by atoms with van der Waals surface area (Å²) >= 11 is 5.95. The molecule has 0 saturated heterocycles. The summed E-state index contributed by atoms with van der Waals surface area (Å²) in [6.45, 7) is 5.48.